The Morgan fingerprint density at radius 2 is 1.95 bits per heavy atom. The molecule has 0 radical (unpaired) electrons. The number of nitrogens with zero attached hydrogens (tertiary/aromatic N) is 2. The first-order valence-corrected chi connectivity index (χ1v) is 7.56. The number of anilines is 1. The van der Waals surface area contributed by atoms with Crippen molar-refractivity contribution in [2.75, 3.05) is 5.73 Å². The number of nitrogens with two attached hydrogens (primary N) is 1. The molecule has 1 aromatic heterocycles. The number of hydrogen-bond donors (Lipinski definition) is 1. The van der Waals surface area contributed by atoms with Crippen LogP contribution in [0.5, 0.6) is 5.75 Å². The SMILES string of the molecule is CCc1nn(C)c(COc2c(Cl)cc(N)cc2Cl)c1Br. The van der Waals surface area contributed by atoms with E-state index in [4.69, 9.17) is 33.7 Å². The molecule has 0 saturated carbocycles. The van der Waals surface area contributed by atoms with Crippen LogP contribution in [0.25, 0.3) is 0 Å². The molecule has 1 aromatic carbocycles. The molecule has 0 amide bonds. The minimum absolute atomic E-state index is 0.313. The average Bonchev–Trinajstić information content (AvgIpc) is 2.64. The van der Waals surface area contributed by atoms with E-state index in [0.29, 0.717) is 28.1 Å². The van der Waals surface area contributed by atoms with Crippen molar-refractivity contribution < 1.29 is 4.74 Å². The predicted molar refractivity (Wildman–Crippen MR) is 85.5 cm³/mol. The lowest BCUT2D eigenvalue weighted by Gasteiger charge is -2.11. The summed E-state index contributed by atoms with van der Waals surface area (Å²) in [6, 6.07) is 3.22. The van der Waals surface area contributed by atoms with Gasteiger partial charge in [0.05, 0.1) is 25.9 Å². The van der Waals surface area contributed by atoms with Crippen LogP contribution in [0.15, 0.2) is 16.6 Å². The van der Waals surface area contributed by atoms with Gasteiger partial charge in [-0.1, -0.05) is 30.1 Å². The fraction of sp³-hybridized carbons (Fsp3) is 0.308. The monoisotopic (exact) mass is 377 g/mol. The van der Waals surface area contributed by atoms with E-state index < -0.39 is 0 Å². The number of ether oxygens (including phenoxy) is 1. The molecule has 2 N–H and O–H groups in total. The van der Waals surface area contributed by atoms with Gasteiger partial charge in [0.25, 0.3) is 0 Å². The lowest BCUT2D eigenvalue weighted by molar-refractivity contribution is 0.294. The van der Waals surface area contributed by atoms with Crippen molar-refractivity contribution in [1.82, 2.24) is 9.78 Å². The second-order valence-electron chi connectivity index (χ2n) is 4.29. The van der Waals surface area contributed by atoms with Gasteiger partial charge in [-0.15, -0.1) is 0 Å². The number of hydrogen-bond acceptors (Lipinski definition) is 3. The van der Waals surface area contributed by atoms with Crippen molar-refractivity contribution >= 4 is 44.8 Å². The first-order valence-electron chi connectivity index (χ1n) is 6.01. The third kappa shape index (κ3) is 3.05. The van der Waals surface area contributed by atoms with E-state index >= 15 is 0 Å². The van der Waals surface area contributed by atoms with E-state index in [-0.39, 0.29) is 0 Å². The summed E-state index contributed by atoms with van der Waals surface area (Å²) in [5.41, 5.74) is 8.07. The lowest BCUT2D eigenvalue weighted by Crippen LogP contribution is -2.04. The zero-order valence-electron chi connectivity index (χ0n) is 11.1. The molecule has 2 aromatic rings. The molecule has 0 bridgehead atoms. The number of nitrogen functional groups attached to an aromatic ring is 1. The molecule has 0 atom stereocenters. The maximum atomic E-state index is 6.09. The molecule has 4 nitrogen and oxygen atoms in total. The minimum atomic E-state index is 0.313. The molecular formula is C13H14BrCl2N3O. The van der Waals surface area contributed by atoms with Gasteiger partial charge in [-0.3, -0.25) is 4.68 Å². The number of rotatable bonds is 4. The van der Waals surface area contributed by atoms with Crippen molar-refractivity contribution in [2.45, 2.75) is 20.0 Å². The summed E-state index contributed by atoms with van der Waals surface area (Å²) in [7, 11) is 1.87. The van der Waals surface area contributed by atoms with Crippen molar-refractivity contribution in [2.24, 2.45) is 7.05 Å². The maximum absolute atomic E-state index is 6.09. The van der Waals surface area contributed by atoms with E-state index in [1.54, 1.807) is 16.8 Å². The minimum Gasteiger partial charge on any atom is -0.484 e. The van der Waals surface area contributed by atoms with Crippen molar-refractivity contribution in [1.29, 1.82) is 0 Å². The van der Waals surface area contributed by atoms with Crippen molar-refractivity contribution in [3.05, 3.63) is 38.0 Å². The molecule has 108 valence electrons. The van der Waals surface area contributed by atoms with Crippen LogP contribution in [0, 0.1) is 0 Å². The highest BCUT2D eigenvalue weighted by atomic mass is 79.9. The van der Waals surface area contributed by atoms with Crippen molar-refractivity contribution in [3.8, 4) is 5.75 Å². The first kappa shape index (κ1) is 15.5. The highest BCUT2D eigenvalue weighted by molar-refractivity contribution is 9.10. The van der Waals surface area contributed by atoms with E-state index in [2.05, 4.69) is 21.0 Å². The quantitative estimate of drug-likeness (QED) is 0.810. The number of halogens is 3. The molecular weight excluding hydrogens is 365 g/mol. The normalized spacial score (nSPS) is 10.8. The number of benzene rings is 1. The zero-order valence-corrected chi connectivity index (χ0v) is 14.2. The molecule has 0 aliphatic heterocycles. The average molecular weight is 379 g/mol. The van der Waals surface area contributed by atoms with Gasteiger partial charge in [-0.25, -0.2) is 0 Å². The third-order valence-corrected chi connectivity index (χ3v) is 4.35. The summed E-state index contributed by atoms with van der Waals surface area (Å²) >= 11 is 15.7. The summed E-state index contributed by atoms with van der Waals surface area (Å²) in [5.74, 6) is 0.425. The Bertz CT molecular complexity index is 620. The second-order valence-corrected chi connectivity index (χ2v) is 5.89. The molecule has 0 spiro atoms. The van der Waals surface area contributed by atoms with Crippen LogP contribution in [-0.4, -0.2) is 9.78 Å². The maximum Gasteiger partial charge on any atom is 0.157 e. The molecule has 7 heteroatoms. The van der Waals surface area contributed by atoms with Gasteiger partial charge in [0, 0.05) is 12.7 Å². The first-order chi connectivity index (χ1) is 9.43. The second kappa shape index (κ2) is 6.24. The topological polar surface area (TPSA) is 53.1 Å². The van der Waals surface area contributed by atoms with Gasteiger partial charge < -0.3 is 10.5 Å². The standard InChI is InChI=1S/C13H14BrCl2N3O/c1-3-10-12(14)11(19(2)18-10)6-20-13-8(15)4-7(17)5-9(13)16/h4-5H,3,6,17H2,1-2H3. The Morgan fingerprint density at radius 1 is 1.35 bits per heavy atom. The molecule has 0 aliphatic carbocycles. The Hall–Kier alpha value is -0.910. The summed E-state index contributed by atoms with van der Waals surface area (Å²) in [5, 5.41) is 5.19. The van der Waals surface area contributed by atoms with Crippen LogP contribution in [0.4, 0.5) is 5.69 Å². The Labute approximate surface area is 135 Å². The van der Waals surface area contributed by atoms with Gasteiger partial charge >= 0.3 is 0 Å². The molecule has 0 fully saturated rings. The van der Waals surface area contributed by atoms with Crippen LogP contribution >= 0.6 is 39.1 Å². The van der Waals surface area contributed by atoms with Gasteiger partial charge in [0.1, 0.15) is 6.61 Å². The van der Waals surface area contributed by atoms with E-state index in [1.807, 2.05) is 14.0 Å². The zero-order chi connectivity index (χ0) is 14.9. The van der Waals surface area contributed by atoms with Crippen LogP contribution < -0.4 is 10.5 Å². The van der Waals surface area contributed by atoms with E-state index in [9.17, 15) is 0 Å². The molecule has 0 saturated heterocycles. The molecule has 2 rings (SSSR count). The summed E-state index contributed by atoms with van der Waals surface area (Å²) < 4.78 is 8.45. The third-order valence-electron chi connectivity index (χ3n) is 2.88. The fourth-order valence-corrected chi connectivity index (χ4v) is 3.18. The Kier molecular flexibility index (Phi) is 4.83. The number of aromatic nitrogens is 2. The predicted octanol–water partition coefficient (Wildman–Crippen LogP) is 4.21. The Balaban J connectivity index is 2.24. The van der Waals surface area contributed by atoms with Gasteiger partial charge in [-0.05, 0) is 34.5 Å². The van der Waals surface area contributed by atoms with Crippen LogP contribution in [0.2, 0.25) is 10.0 Å². The highest BCUT2D eigenvalue weighted by Crippen LogP contribution is 2.36. The van der Waals surface area contributed by atoms with Crippen LogP contribution in [0.1, 0.15) is 18.3 Å². The van der Waals surface area contributed by atoms with Crippen molar-refractivity contribution in [3.63, 3.8) is 0 Å². The van der Waals surface area contributed by atoms with E-state index in [0.717, 1.165) is 22.3 Å². The molecule has 0 aliphatic rings. The number of aryl methyl sites for hydroxylation is 2. The van der Waals surface area contributed by atoms with E-state index in [1.165, 1.54) is 0 Å². The fourth-order valence-electron chi connectivity index (χ4n) is 1.83. The summed E-state index contributed by atoms with van der Waals surface area (Å²) in [6.07, 6.45) is 0.845. The smallest absolute Gasteiger partial charge is 0.157 e. The van der Waals surface area contributed by atoms with Gasteiger partial charge in [-0.2, -0.15) is 5.10 Å². The molecule has 1 heterocycles. The van der Waals surface area contributed by atoms with Crippen LogP contribution in [-0.2, 0) is 20.1 Å². The summed E-state index contributed by atoms with van der Waals surface area (Å²) in [6.45, 7) is 2.36. The van der Waals surface area contributed by atoms with Gasteiger partial charge in [0.2, 0.25) is 0 Å². The molecule has 0 unspecified atom stereocenters. The highest BCUT2D eigenvalue weighted by Gasteiger charge is 2.15. The lowest BCUT2D eigenvalue weighted by atomic mass is 10.3. The largest absolute Gasteiger partial charge is 0.484 e. The van der Waals surface area contributed by atoms with Crippen LogP contribution in [0.3, 0.4) is 0 Å². The Morgan fingerprint density at radius 3 is 2.45 bits per heavy atom. The summed E-state index contributed by atoms with van der Waals surface area (Å²) in [4.78, 5) is 0. The molecule has 20 heavy (non-hydrogen) atoms. The van der Waals surface area contributed by atoms with Gasteiger partial charge in [0.15, 0.2) is 5.75 Å².